The molecule has 22 heavy (non-hydrogen) atoms. The third-order valence-corrected chi connectivity index (χ3v) is 3.91. The number of amides is 1. The summed E-state index contributed by atoms with van der Waals surface area (Å²) in [6, 6.07) is 0. The van der Waals surface area contributed by atoms with Crippen molar-refractivity contribution in [1.29, 1.82) is 0 Å². The molecule has 0 aromatic carbocycles. The van der Waals surface area contributed by atoms with Gasteiger partial charge in [-0.1, -0.05) is 25.7 Å². The van der Waals surface area contributed by atoms with Gasteiger partial charge in [0.1, 0.15) is 6.54 Å². The van der Waals surface area contributed by atoms with Crippen LogP contribution in [0.3, 0.4) is 0 Å². The van der Waals surface area contributed by atoms with Crippen LogP contribution >= 0.6 is 0 Å². The number of carbonyl (C=O) groups is 1. The molecule has 1 fully saturated rings. The topological polar surface area (TPSA) is 74.8 Å². The first-order chi connectivity index (χ1) is 10.8. The van der Waals surface area contributed by atoms with E-state index in [9.17, 15) is 4.79 Å². The Labute approximate surface area is 134 Å². The second kappa shape index (κ2) is 12.3. The first-order valence-corrected chi connectivity index (χ1v) is 8.54. The highest BCUT2D eigenvalue weighted by molar-refractivity contribution is 5.84. The molecule has 6 heteroatoms. The summed E-state index contributed by atoms with van der Waals surface area (Å²) in [5, 5.41) is 9.23. The molecule has 0 saturated heterocycles. The minimum Gasteiger partial charge on any atom is -0.383 e. The van der Waals surface area contributed by atoms with E-state index in [0.29, 0.717) is 13.2 Å². The van der Waals surface area contributed by atoms with Crippen molar-refractivity contribution >= 4 is 11.9 Å². The van der Waals surface area contributed by atoms with Crippen molar-refractivity contribution in [1.82, 2.24) is 16.0 Å². The van der Waals surface area contributed by atoms with Gasteiger partial charge in [-0.2, -0.15) is 0 Å². The maximum absolute atomic E-state index is 11.6. The van der Waals surface area contributed by atoms with Crippen LogP contribution < -0.4 is 16.0 Å². The van der Waals surface area contributed by atoms with E-state index in [1.54, 1.807) is 7.11 Å². The van der Waals surface area contributed by atoms with Gasteiger partial charge in [-0.3, -0.25) is 4.79 Å². The average Bonchev–Trinajstić information content (AvgIpc) is 3.02. The fraction of sp³-hybridized carbons (Fsp3) is 0.875. The van der Waals surface area contributed by atoms with Crippen LogP contribution in [0.5, 0.6) is 0 Å². The monoisotopic (exact) mass is 312 g/mol. The van der Waals surface area contributed by atoms with Crippen molar-refractivity contribution in [2.45, 2.75) is 45.4 Å². The predicted octanol–water partition coefficient (Wildman–Crippen LogP) is 1.27. The summed E-state index contributed by atoms with van der Waals surface area (Å²) in [5.41, 5.74) is 0. The first-order valence-electron chi connectivity index (χ1n) is 8.54. The van der Waals surface area contributed by atoms with Gasteiger partial charge in [0.15, 0.2) is 5.96 Å². The first kappa shape index (κ1) is 18.7. The predicted molar refractivity (Wildman–Crippen MR) is 90.1 cm³/mol. The highest BCUT2D eigenvalue weighted by Gasteiger charge is 2.14. The summed E-state index contributed by atoms with van der Waals surface area (Å²) in [6.07, 6.45) is 8.06. The van der Waals surface area contributed by atoms with Gasteiger partial charge >= 0.3 is 0 Å². The molecule has 0 aromatic rings. The van der Waals surface area contributed by atoms with E-state index in [1.807, 2.05) is 6.92 Å². The van der Waals surface area contributed by atoms with E-state index in [2.05, 4.69) is 20.9 Å². The van der Waals surface area contributed by atoms with Crippen molar-refractivity contribution < 1.29 is 9.53 Å². The Balaban J connectivity index is 2.18. The Kier molecular flexibility index (Phi) is 10.5. The molecular formula is C16H32N4O2. The summed E-state index contributed by atoms with van der Waals surface area (Å²) in [6.45, 7) is 4.91. The highest BCUT2D eigenvalue weighted by Crippen LogP contribution is 2.28. The second-order valence-electron chi connectivity index (χ2n) is 5.76. The Morgan fingerprint density at radius 3 is 2.64 bits per heavy atom. The molecule has 3 N–H and O–H groups in total. The Bertz CT molecular complexity index is 328. The smallest absolute Gasteiger partial charge is 0.241 e. The largest absolute Gasteiger partial charge is 0.383 e. The number of aliphatic imine (C=N–C) groups is 1. The van der Waals surface area contributed by atoms with Crippen molar-refractivity contribution in [2.75, 3.05) is 39.9 Å². The third-order valence-electron chi connectivity index (χ3n) is 3.91. The van der Waals surface area contributed by atoms with Crippen molar-refractivity contribution in [3.8, 4) is 0 Å². The van der Waals surface area contributed by atoms with E-state index in [4.69, 9.17) is 4.74 Å². The number of methoxy groups -OCH3 is 1. The summed E-state index contributed by atoms with van der Waals surface area (Å²) >= 11 is 0. The molecule has 6 nitrogen and oxygen atoms in total. The van der Waals surface area contributed by atoms with E-state index < -0.39 is 0 Å². The Morgan fingerprint density at radius 2 is 1.95 bits per heavy atom. The lowest BCUT2D eigenvalue weighted by Gasteiger charge is -2.13. The standard InChI is InChI=1S/C16H32N4O2/c1-3-17-16(20-13-15(21)18-11-12-22-2)19-10-6-9-14-7-4-5-8-14/h14H,3-13H2,1-2H3,(H,18,21)(H2,17,19,20). The fourth-order valence-electron chi connectivity index (χ4n) is 2.74. The van der Waals surface area contributed by atoms with E-state index >= 15 is 0 Å². The number of hydrogen-bond acceptors (Lipinski definition) is 3. The number of nitrogens with zero attached hydrogens (tertiary/aromatic N) is 1. The maximum Gasteiger partial charge on any atom is 0.241 e. The second-order valence-corrected chi connectivity index (χ2v) is 5.76. The lowest BCUT2D eigenvalue weighted by molar-refractivity contribution is -0.119. The lowest BCUT2D eigenvalue weighted by atomic mass is 10.0. The van der Waals surface area contributed by atoms with E-state index in [0.717, 1.165) is 31.4 Å². The van der Waals surface area contributed by atoms with Crippen molar-refractivity contribution in [3.63, 3.8) is 0 Å². The molecule has 1 aliphatic carbocycles. The summed E-state index contributed by atoms with van der Waals surface area (Å²) in [7, 11) is 1.61. The number of guanidine groups is 1. The van der Waals surface area contributed by atoms with Gasteiger partial charge in [-0.05, 0) is 25.7 Å². The van der Waals surface area contributed by atoms with Crippen LogP contribution in [0.15, 0.2) is 4.99 Å². The number of hydrogen-bond donors (Lipinski definition) is 3. The van der Waals surface area contributed by atoms with E-state index in [1.165, 1.54) is 32.1 Å². The van der Waals surface area contributed by atoms with Crippen LogP contribution in [0.4, 0.5) is 0 Å². The quantitative estimate of drug-likeness (QED) is 0.323. The van der Waals surface area contributed by atoms with Gasteiger partial charge in [0, 0.05) is 26.7 Å². The van der Waals surface area contributed by atoms with Crippen LogP contribution in [-0.2, 0) is 9.53 Å². The molecule has 1 rings (SSSR count). The normalized spacial score (nSPS) is 15.8. The minimum atomic E-state index is -0.0831. The molecule has 0 aromatic heterocycles. The molecule has 0 bridgehead atoms. The Morgan fingerprint density at radius 1 is 1.18 bits per heavy atom. The van der Waals surface area contributed by atoms with Gasteiger partial charge in [0.05, 0.1) is 6.61 Å². The van der Waals surface area contributed by atoms with Crippen LogP contribution in [-0.4, -0.2) is 51.8 Å². The number of rotatable bonds is 10. The SMILES string of the molecule is CCNC(=NCC(=O)NCCOC)NCCCC1CCCC1. The van der Waals surface area contributed by atoms with Crippen molar-refractivity contribution in [2.24, 2.45) is 10.9 Å². The van der Waals surface area contributed by atoms with Crippen LogP contribution in [0.25, 0.3) is 0 Å². The van der Waals surface area contributed by atoms with Crippen LogP contribution in [0.1, 0.15) is 45.4 Å². The molecule has 0 spiro atoms. The molecule has 1 aliphatic rings. The zero-order valence-electron chi connectivity index (χ0n) is 14.1. The van der Waals surface area contributed by atoms with E-state index in [-0.39, 0.29) is 12.5 Å². The van der Waals surface area contributed by atoms with Gasteiger partial charge in [-0.15, -0.1) is 0 Å². The van der Waals surface area contributed by atoms with Crippen LogP contribution in [0, 0.1) is 5.92 Å². The zero-order chi connectivity index (χ0) is 16.0. The summed E-state index contributed by atoms with van der Waals surface area (Å²) in [5.74, 6) is 1.56. The number of nitrogens with one attached hydrogen (secondary N) is 3. The minimum absolute atomic E-state index is 0.0831. The van der Waals surface area contributed by atoms with Crippen molar-refractivity contribution in [3.05, 3.63) is 0 Å². The molecule has 0 atom stereocenters. The maximum atomic E-state index is 11.6. The average molecular weight is 312 g/mol. The number of ether oxygens (including phenoxy) is 1. The highest BCUT2D eigenvalue weighted by atomic mass is 16.5. The fourth-order valence-corrected chi connectivity index (χ4v) is 2.74. The Hall–Kier alpha value is -1.30. The molecule has 128 valence electrons. The van der Waals surface area contributed by atoms with Gasteiger partial charge in [-0.25, -0.2) is 4.99 Å². The zero-order valence-corrected chi connectivity index (χ0v) is 14.1. The van der Waals surface area contributed by atoms with Gasteiger partial charge < -0.3 is 20.7 Å². The molecule has 0 unspecified atom stereocenters. The van der Waals surface area contributed by atoms with Gasteiger partial charge in [0.25, 0.3) is 0 Å². The van der Waals surface area contributed by atoms with Gasteiger partial charge in [0.2, 0.25) is 5.91 Å². The summed E-state index contributed by atoms with van der Waals surface area (Å²) in [4.78, 5) is 15.9. The summed E-state index contributed by atoms with van der Waals surface area (Å²) < 4.78 is 4.89. The molecule has 0 radical (unpaired) electrons. The molecule has 1 amide bonds. The molecular weight excluding hydrogens is 280 g/mol. The van der Waals surface area contributed by atoms with Crippen LogP contribution in [0.2, 0.25) is 0 Å². The molecule has 1 saturated carbocycles. The third kappa shape index (κ3) is 8.87. The molecule has 0 aliphatic heterocycles. The number of carbonyl (C=O) groups excluding carboxylic acids is 1. The lowest BCUT2D eigenvalue weighted by Crippen LogP contribution is -2.39. The molecule has 0 heterocycles.